The molecule has 0 bridgehead atoms. The molecule has 1 aliphatic rings. The second kappa shape index (κ2) is 10.4. The van der Waals surface area contributed by atoms with Crippen LogP contribution in [0, 0.1) is 0 Å². The molecule has 10 heteroatoms. The molecule has 2 rings (SSSR count). The fourth-order valence-corrected chi connectivity index (χ4v) is 4.37. The highest BCUT2D eigenvalue weighted by Crippen LogP contribution is 2.14. The molecule has 9 nitrogen and oxygen atoms in total. The maximum atomic E-state index is 12.4. The molecule has 2 unspecified atom stereocenters. The molecule has 3 amide bonds. The number of amides is 3. The van der Waals surface area contributed by atoms with Gasteiger partial charge < -0.3 is 20.7 Å². The van der Waals surface area contributed by atoms with Gasteiger partial charge in [-0.1, -0.05) is 18.2 Å². The highest BCUT2D eigenvalue weighted by atomic mass is 32.2. The number of nitrogens with zero attached hydrogens (tertiary/aromatic N) is 1. The molecule has 156 valence electrons. The minimum Gasteiger partial charge on any atom is -0.373 e. The average molecular weight is 413 g/mol. The normalized spacial score (nSPS) is 20.4. The Labute approximate surface area is 165 Å². The van der Waals surface area contributed by atoms with Gasteiger partial charge in [-0.25, -0.2) is 13.2 Å². The fourth-order valence-electron chi connectivity index (χ4n) is 2.88. The molecule has 1 heterocycles. The van der Waals surface area contributed by atoms with Gasteiger partial charge in [-0.3, -0.25) is 4.79 Å². The molecule has 3 N–H and O–H groups in total. The van der Waals surface area contributed by atoms with Crippen LogP contribution in [0.25, 0.3) is 0 Å². The third-order valence-corrected chi connectivity index (χ3v) is 5.94. The third-order valence-electron chi connectivity index (χ3n) is 4.13. The van der Waals surface area contributed by atoms with Gasteiger partial charge in [0.15, 0.2) is 0 Å². The van der Waals surface area contributed by atoms with Gasteiger partial charge in [-0.05, 0) is 26.0 Å². The van der Waals surface area contributed by atoms with Gasteiger partial charge in [0.1, 0.15) is 0 Å². The Morgan fingerprint density at radius 2 is 1.71 bits per heavy atom. The number of hydrogen-bond donors (Lipinski definition) is 3. The Hall–Kier alpha value is -2.17. The number of benzene rings is 1. The summed E-state index contributed by atoms with van der Waals surface area (Å²) in [6.07, 6.45) is -0.240. The summed E-state index contributed by atoms with van der Waals surface area (Å²) in [5.74, 6) is -0.487. The van der Waals surface area contributed by atoms with E-state index in [9.17, 15) is 18.0 Å². The van der Waals surface area contributed by atoms with Gasteiger partial charge in [-0.15, -0.1) is 0 Å². The van der Waals surface area contributed by atoms with Crippen LogP contribution in [-0.4, -0.2) is 68.8 Å². The summed E-state index contributed by atoms with van der Waals surface area (Å²) in [4.78, 5) is 23.6. The molecule has 0 radical (unpaired) electrons. The van der Waals surface area contributed by atoms with E-state index in [-0.39, 0.29) is 43.4 Å². The number of urea groups is 1. The maximum absolute atomic E-state index is 12.4. The van der Waals surface area contributed by atoms with Crippen LogP contribution < -0.4 is 16.0 Å². The van der Waals surface area contributed by atoms with Crippen molar-refractivity contribution in [1.82, 2.24) is 14.9 Å². The molecule has 1 fully saturated rings. The van der Waals surface area contributed by atoms with E-state index in [1.165, 1.54) is 4.31 Å². The molecule has 0 aliphatic carbocycles. The lowest BCUT2D eigenvalue weighted by atomic mass is 10.3. The summed E-state index contributed by atoms with van der Waals surface area (Å²) in [7, 11) is -3.45. The molecule has 28 heavy (non-hydrogen) atoms. The summed E-state index contributed by atoms with van der Waals surface area (Å²) in [6.45, 7) is 4.48. The molecule has 2 atom stereocenters. The molecular formula is C18H28N4O5S. The van der Waals surface area contributed by atoms with E-state index in [4.69, 9.17) is 4.74 Å². The Morgan fingerprint density at radius 3 is 2.36 bits per heavy atom. The van der Waals surface area contributed by atoms with E-state index in [1.807, 2.05) is 19.9 Å². The summed E-state index contributed by atoms with van der Waals surface area (Å²) in [6, 6.07) is 8.54. The lowest BCUT2D eigenvalue weighted by Crippen LogP contribution is -2.49. The van der Waals surface area contributed by atoms with E-state index in [1.54, 1.807) is 24.3 Å². The number of ether oxygens (including phenoxy) is 1. The number of carbonyl (C=O) groups excluding carboxylic acids is 2. The van der Waals surface area contributed by atoms with E-state index in [0.29, 0.717) is 18.8 Å². The minimum atomic E-state index is -3.45. The first-order valence-electron chi connectivity index (χ1n) is 9.26. The number of nitrogens with one attached hydrogen (secondary N) is 3. The third kappa shape index (κ3) is 7.45. The van der Waals surface area contributed by atoms with Gasteiger partial charge >= 0.3 is 6.03 Å². The quantitative estimate of drug-likeness (QED) is 0.583. The van der Waals surface area contributed by atoms with Crippen molar-refractivity contribution in [1.29, 1.82) is 0 Å². The summed E-state index contributed by atoms with van der Waals surface area (Å²) in [5.41, 5.74) is 0.654. The highest BCUT2D eigenvalue weighted by molar-refractivity contribution is 7.89. The zero-order valence-electron chi connectivity index (χ0n) is 16.2. The number of morpholine rings is 1. The van der Waals surface area contributed by atoms with E-state index in [0.717, 1.165) is 0 Å². The number of rotatable bonds is 8. The monoisotopic (exact) mass is 412 g/mol. The first-order chi connectivity index (χ1) is 13.3. The van der Waals surface area contributed by atoms with Gasteiger partial charge in [0.2, 0.25) is 15.9 Å². The zero-order valence-corrected chi connectivity index (χ0v) is 17.0. The zero-order chi connectivity index (χ0) is 20.6. The van der Waals surface area contributed by atoms with Crippen molar-refractivity contribution < 1.29 is 22.7 Å². The van der Waals surface area contributed by atoms with Crippen molar-refractivity contribution in [2.45, 2.75) is 32.5 Å². The smallest absolute Gasteiger partial charge is 0.319 e. The molecule has 1 aromatic rings. The van der Waals surface area contributed by atoms with Crippen LogP contribution in [0.15, 0.2) is 30.3 Å². The molecule has 0 saturated carbocycles. The Balaban J connectivity index is 1.63. The van der Waals surface area contributed by atoms with Crippen molar-refractivity contribution in [3.05, 3.63) is 30.3 Å². The molecule has 0 aromatic heterocycles. The predicted octanol–water partition coefficient (Wildman–Crippen LogP) is 0.753. The van der Waals surface area contributed by atoms with Crippen LogP contribution in [-0.2, 0) is 19.6 Å². The molecule has 0 spiro atoms. The van der Waals surface area contributed by atoms with Gasteiger partial charge in [0.05, 0.1) is 18.0 Å². The fraction of sp³-hybridized carbons (Fsp3) is 0.556. The van der Waals surface area contributed by atoms with Gasteiger partial charge in [-0.2, -0.15) is 4.31 Å². The van der Waals surface area contributed by atoms with Crippen molar-refractivity contribution >= 4 is 27.6 Å². The number of carbonyl (C=O) groups is 2. The highest BCUT2D eigenvalue weighted by Gasteiger charge is 2.30. The Morgan fingerprint density at radius 1 is 1.07 bits per heavy atom. The maximum Gasteiger partial charge on any atom is 0.319 e. The summed E-state index contributed by atoms with van der Waals surface area (Å²) in [5, 5.41) is 7.80. The number of hydrogen-bond acceptors (Lipinski definition) is 5. The van der Waals surface area contributed by atoms with Crippen molar-refractivity contribution in [2.75, 3.05) is 37.2 Å². The second-order valence-corrected chi connectivity index (χ2v) is 8.83. The molecule has 1 aromatic carbocycles. The van der Waals surface area contributed by atoms with E-state index < -0.39 is 16.1 Å². The molecular weight excluding hydrogens is 384 g/mol. The minimum absolute atomic E-state index is 0.0253. The predicted molar refractivity (Wildman–Crippen MR) is 106 cm³/mol. The van der Waals surface area contributed by atoms with E-state index in [2.05, 4.69) is 16.0 Å². The number of para-hydroxylation sites is 1. The van der Waals surface area contributed by atoms with Crippen LogP contribution >= 0.6 is 0 Å². The van der Waals surface area contributed by atoms with Crippen molar-refractivity contribution in [3.8, 4) is 0 Å². The molecule has 1 saturated heterocycles. The van der Waals surface area contributed by atoms with Gasteiger partial charge in [0, 0.05) is 38.3 Å². The summed E-state index contributed by atoms with van der Waals surface area (Å²) < 4.78 is 31.7. The standard InChI is InChI=1S/C18H28N4O5S/c1-14-12-22(13-15(2)27-14)28(25,26)11-10-19-17(23)8-9-20-18(24)21-16-6-4-3-5-7-16/h3-7,14-15H,8-13H2,1-2H3,(H,19,23)(H2,20,21,24). The van der Waals surface area contributed by atoms with Crippen molar-refractivity contribution in [2.24, 2.45) is 0 Å². The topological polar surface area (TPSA) is 117 Å². The first-order valence-corrected chi connectivity index (χ1v) is 10.9. The lowest BCUT2D eigenvalue weighted by Gasteiger charge is -2.34. The molecule has 1 aliphatic heterocycles. The van der Waals surface area contributed by atoms with Crippen LogP contribution in [0.4, 0.5) is 10.5 Å². The number of anilines is 1. The van der Waals surface area contributed by atoms with Crippen LogP contribution in [0.2, 0.25) is 0 Å². The average Bonchev–Trinajstić information content (AvgIpc) is 2.61. The van der Waals surface area contributed by atoms with Crippen LogP contribution in [0.5, 0.6) is 0 Å². The largest absolute Gasteiger partial charge is 0.373 e. The van der Waals surface area contributed by atoms with E-state index >= 15 is 0 Å². The Bertz CT molecular complexity index is 746. The second-order valence-electron chi connectivity index (χ2n) is 6.74. The summed E-state index contributed by atoms with van der Waals surface area (Å²) >= 11 is 0. The Kier molecular flexibility index (Phi) is 8.21. The van der Waals surface area contributed by atoms with Crippen LogP contribution in [0.1, 0.15) is 20.3 Å². The van der Waals surface area contributed by atoms with Crippen LogP contribution in [0.3, 0.4) is 0 Å². The first kappa shape index (κ1) is 22.1. The van der Waals surface area contributed by atoms with Gasteiger partial charge in [0.25, 0.3) is 0 Å². The lowest BCUT2D eigenvalue weighted by molar-refractivity contribution is -0.120. The SMILES string of the molecule is CC1CN(S(=O)(=O)CCNC(=O)CCNC(=O)Nc2ccccc2)CC(C)O1. The van der Waals surface area contributed by atoms with Crippen molar-refractivity contribution in [3.63, 3.8) is 0 Å². The number of sulfonamides is 1.